The van der Waals surface area contributed by atoms with Gasteiger partial charge in [0.25, 0.3) is 10.0 Å². The third-order valence-corrected chi connectivity index (χ3v) is 6.59. The average molecular weight is 420 g/mol. The molecular formula is C19H24N4O5S. The van der Waals surface area contributed by atoms with E-state index < -0.39 is 10.0 Å². The maximum atomic E-state index is 13.1. The van der Waals surface area contributed by atoms with Crippen LogP contribution in [0.2, 0.25) is 0 Å². The SMILES string of the molecule is Cc1cc(-c2ccc(S(=O)(=O)N3CCCC(c4nc(CC(C)C)no4)C3)o2)on1. The minimum atomic E-state index is -3.78. The minimum Gasteiger partial charge on any atom is -0.440 e. The van der Waals surface area contributed by atoms with Gasteiger partial charge in [-0.2, -0.15) is 9.29 Å². The van der Waals surface area contributed by atoms with Crippen molar-refractivity contribution in [2.75, 3.05) is 13.1 Å². The second-order valence-electron chi connectivity index (χ2n) is 7.80. The monoisotopic (exact) mass is 420 g/mol. The average Bonchev–Trinajstić information content (AvgIpc) is 3.41. The zero-order valence-electron chi connectivity index (χ0n) is 16.7. The fraction of sp³-hybridized carbons (Fsp3) is 0.526. The molecule has 0 radical (unpaired) electrons. The lowest BCUT2D eigenvalue weighted by atomic mass is 10.00. The Morgan fingerprint density at radius 3 is 2.76 bits per heavy atom. The molecule has 0 aliphatic carbocycles. The number of hydrogen-bond acceptors (Lipinski definition) is 8. The highest BCUT2D eigenvalue weighted by Gasteiger charge is 2.35. The Bertz CT molecular complexity index is 1080. The summed E-state index contributed by atoms with van der Waals surface area (Å²) < 4.78 is 43.7. The summed E-state index contributed by atoms with van der Waals surface area (Å²) in [6.07, 6.45) is 2.24. The fourth-order valence-electron chi connectivity index (χ4n) is 3.44. The smallest absolute Gasteiger partial charge is 0.276 e. The molecule has 1 aliphatic heterocycles. The van der Waals surface area contributed by atoms with Crippen LogP contribution in [0.25, 0.3) is 11.5 Å². The molecule has 0 spiro atoms. The zero-order chi connectivity index (χ0) is 20.6. The number of piperidine rings is 1. The summed E-state index contributed by atoms with van der Waals surface area (Å²) in [5.74, 6) is 2.17. The van der Waals surface area contributed by atoms with Crippen LogP contribution < -0.4 is 0 Å². The number of rotatable bonds is 6. The summed E-state index contributed by atoms with van der Waals surface area (Å²) in [5.41, 5.74) is 0.691. The van der Waals surface area contributed by atoms with Crippen molar-refractivity contribution in [1.29, 1.82) is 0 Å². The summed E-state index contributed by atoms with van der Waals surface area (Å²) in [6.45, 7) is 6.66. The molecule has 29 heavy (non-hydrogen) atoms. The van der Waals surface area contributed by atoms with Gasteiger partial charge in [0.1, 0.15) is 0 Å². The van der Waals surface area contributed by atoms with Crippen molar-refractivity contribution >= 4 is 10.0 Å². The van der Waals surface area contributed by atoms with Gasteiger partial charge in [0.05, 0.1) is 11.6 Å². The van der Waals surface area contributed by atoms with Crippen LogP contribution in [0.15, 0.2) is 36.8 Å². The molecule has 0 saturated carbocycles. The first-order valence-corrected chi connectivity index (χ1v) is 11.1. The number of aryl methyl sites for hydroxylation is 1. The Labute approximate surface area is 169 Å². The molecule has 0 bridgehead atoms. The van der Waals surface area contributed by atoms with E-state index in [-0.39, 0.29) is 17.6 Å². The first kappa shape index (κ1) is 19.8. The van der Waals surface area contributed by atoms with E-state index in [9.17, 15) is 8.42 Å². The molecule has 1 atom stereocenters. The second kappa shape index (κ2) is 7.75. The third-order valence-electron chi connectivity index (χ3n) is 4.85. The Morgan fingerprint density at radius 1 is 1.21 bits per heavy atom. The van der Waals surface area contributed by atoms with Crippen molar-refractivity contribution < 1.29 is 21.9 Å². The lowest BCUT2D eigenvalue weighted by Crippen LogP contribution is -2.39. The molecule has 3 aromatic heterocycles. The van der Waals surface area contributed by atoms with Gasteiger partial charge in [0, 0.05) is 25.6 Å². The van der Waals surface area contributed by atoms with Crippen molar-refractivity contribution in [2.24, 2.45) is 5.92 Å². The van der Waals surface area contributed by atoms with E-state index in [1.165, 1.54) is 10.4 Å². The van der Waals surface area contributed by atoms with E-state index in [2.05, 4.69) is 29.1 Å². The van der Waals surface area contributed by atoms with Crippen LogP contribution in [0.1, 0.15) is 50.0 Å². The highest BCUT2D eigenvalue weighted by Crippen LogP contribution is 2.32. The lowest BCUT2D eigenvalue weighted by Gasteiger charge is -2.29. The van der Waals surface area contributed by atoms with Gasteiger partial charge in [-0.3, -0.25) is 0 Å². The van der Waals surface area contributed by atoms with E-state index in [1.54, 1.807) is 19.1 Å². The Morgan fingerprint density at radius 2 is 2.03 bits per heavy atom. The molecule has 4 heterocycles. The molecule has 1 fully saturated rings. The molecule has 1 saturated heterocycles. The summed E-state index contributed by atoms with van der Waals surface area (Å²) in [4.78, 5) is 4.47. The molecule has 156 valence electrons. The van der Waals surface area contributed by atoms with Crippen LogP contribution in [0.3, 0.4) is 0 Å². The first-order valence-electron chi connectivity index (χ1n) is 9.69. The summed E-state index contributed by atoms with van der Waals surface area (Å²) in [7, 11) is -3.78. The van der Waals surface area contributed by atoms with Crippen LogP contribution in [0.5, 0.6) is 0 Å². The third kappa shape index (κ3) is 4.13. The number of nitrogens with zero attached hydrogens (tertiary/aromatic N) is 4. The quantitative estimate of drug-likeness (QED) is 0.596. The van der Waals surface area contributed by atoms with Crippen molar-refractivity contribution in [1.82, 2.24) is 19.6 Å². The van der Waals surface area contributed by atoms with Crippen LogP contribution in [0.4, 0.5) is 0 Å². The summed E-state index contributed by atoms with van der Waals surface area (Å²) in [5, 5.41) is 7.71. The topological polar surface area (TPSA) is 115 Å². The normalized spacial score (nSPS) is 18.6. The zero-order valence-corrected chi connectivity index (χ0v) is 17.5. The van der Waals surface area contributed by atoms with Crippen molar-refractivity contribution in [3.63, 3.8) is 0 Å². The summed E-state index contributed by atoms with van der Waals surface area (Å²) in [6, 6.07) is 4.71. The van der Waals surface area contributed by atoms with Crippen LogP contribution >= 0.6 is 0 Å². The maximum absolute atomic E-state index is 13.1. The molecule has 4 rings (SSSR count). The van der Waals surface area contributed by atoms with Gasteiger partial charge in [-0.05, 0) is 37.8 Å². The highest BCUT2D eigenvalue weighted by molar-refractivity contribution is 7.89. The minimum absolute atomic E-state index is 0.117. The van der Waals surface area contributed by atoms with E-state index in [0.717, 1.165) is 12.8 Å². The molecule has 0 aromatic carbocycles. The first-order chi connectivity index (χ1) is 13.8. The maximum Gasteiger partial charge on any atom is 0.276 e. The predicted molar refractivity (Wildman–Crippen MR) is 103 cm³/mol. The molecule has 9 nitrogen and oxygen atoms in total. The number of sulfonamides is 1. The highest BCUT2D eigenvalue weighted by atomic mass is 32.2. The van der Waals surface area contributed by atoms with E-state index in [4.69, 9.17) is 13.5 Å². The Hall–Kier alpha value is -2.46. The molecular weight excluding hydrogens is 396 g/mol. The molecule has 1 aliphatic rings. The van der Waals surface area contributed by atoms with Crippen molar-refractivity contribution in [3.05, 3.63) is 35.6 Å². The van der Waals surface area contributed by atoms with E-state index in [1.807, 2.05) is 0 Å². The predicted octanol–water partition coefficient (Wildman–Crippen LogP) is 3.39. The van der Waals surface area contributed by atoms with Gasteiger partial charge in [-0.15, -0.1) is 0 Å². The van der Waals surface area contributed by atoms with E-state index >= 15 is 0 Å². The molecule has 0 N–H and O–H groups in total. The van der Waals surface area contributed by atoms with Gasteiger partial charge in [0.2, 0.25) is 16.7 Å². The van der Waals surface area contributed by atoms with Gasteiger partial charge in [-0.1, -0.05) is 24.2 Å². The number of furan rings is 1. The van der Waals surface area contributed by atoms with Gasteiger partial charge >= 0.3 is 0 Å². The largest absolute Gasteiger partial charge is 0.440 e. The summed E-state index contributed by atoms with van der Waals surface area (Å²) >= 11 is 0. The standard InChI is InChI=1S/C19H24N4O5S/c1-12(2)9-17-20-19(28-22-17)14-5-4-8-23(11-14)29(24,25)18-7-6-15(26-18)16-10-13(3)21-27-16/h6-7,10,12,14H,4-5,8-9,11H2,1-3H3. The second-order valence-corrected chi connectivity index (χ2v) is 9.67. The number of hydrogen-bond donors (Lipinski definition) is 0. The molecule has 3 aromatic rings. The van der Waals surface area contributed by atoms with Gasteiger partial charge < -0.3 is 13.5 Å². The lowest BCUT2D eigenvalue weighted by molar-refractivity contribution is 0.261. The Kier molecular flexibility index (Phi) is 5.30. The van der Waals surface area contributed by atoms with Crippen molar-refractivity contribution in [2.45, 2.75) is 51.0 Å². The van der Waals surface area contributed by atoms with Crippen LogP contribution in [-0.2, 0) is 16.4 Å². The number of aromatic nitrogens is 3. The van der Waals surface area contributed by atoms with E-state index in [0.29, 0.717) is 47.8 Å². The molecule has 0 amide bonds. The molecule has 10 heteroatoms. The van der Waals surface area contributed by atoms with Crippen LogP contribution in [-0.4, -0.2) is 41.1 Å². The fourth-order valence-corrected chi connectivity index (χ4v) is 4.88. The van der Waals surface area contributed by atoms with Gasteiger partial charge in [0.15, 0.2) is 11.6 Å². The Balaban J connectivity index is 1.51. The van der Waals surface area contributed by atoms with Crippen molar-refractivity contribution in [3.8, 4) is 11.5 Å². The van der Waals surface area contributed by atoms with Crippen LogP contribution in [0, 0.1) is 12.8 Å². The van der Waals surface area contributed by atoms with Gasteiger partial charge in [-0.25, -0.2) is 8.42 Å². The molecule has 1 unspecified atom stereocenters.